The van der Waals surface area contributed by atoms with E-state index in [0.717, 1.165) is 11.8 Å². The van der Waals surface area contributed by atoms with Gasteiger partial charge in [-0.15, -0.1) is 0 Å². The van der Waals surface area contributed by atoms with E-state index < -0.39 is 4.92 Å². The predicted molar refractivity (Wildman–Crippen MR) is 69.2 cm³/mol. The molecule has 0 bridgehead atoms. The maximum absolute atomic E-state index is 11.7. The van der Waals surface area contributed by atoms with Crippen molar-refractivity contribution in [3.8, 4) is 0 Å². The standard InChI is InChI=1S/C11H9N3O3S/c1-13-10(15)9(18-11(13)12)6-7-3-2-4-8(5-7)14(16)17/h2-6,12H,1H3. The molecule has 1 amide bonds. The summed E-state index contributed by atoms with van der Waals surface area (Å²) >= 11 is 1.04. The number of rotatable bonds is 2. The van der Waals surface area contributed by atoms with Gasteiger partial charge in [-0.05, 0) is 23.4 Å². The molecule has 1 heterocycles. The molecule has 2 rings (SSSR count). The zero-order valence-electron chi connectivity index (χ0n) is 9.41. The van der Waals surface area contributed by atoms with Crippen LogP contribution < -0.4 is 0 Å². The van der Waals surface area contributed by atoms with E-state index >= 15 is 0 Å². The monoisotopic (exact) mass is 263 g/mol. The van der Waals surface area contributed by atoms with E-state index in [4.69, 9.17) is 5.41 Å². The van der Waals surface area contributed by atoms with Crippen LogP contribution in [-0.2, 0) is 4.79 Å². The Kier molecular flexibility index (Phi) is 3.15. The topological polar surface area (TPSA) is 87.3 Å². The highest BCUT2D eigenvalue weighted by Crippen LogP contribution is 2.30. The SMILES string of the molecule is CN1C(=N)SC(=Cc2cccc([N+](=O)[O-])c2)C1=O. The van der Waals surface area contributed by atoms with E-state index in [9.17, 15) is 14.9 Å². The number of carbonyl (C=O) groups is 1. The molecular formula is C11H9N3O3S. The van der Waals surface area contributed by atoms with Crippen molar-refractivity contribution in [2.24, 2.45) is 0 Å². The number of carbonyl (C=O) groups excluding carboxylic acids is 1. The Labute approximate surface area is 107 Å². The van der Waals surface area contributed by atoms with E-state index in [1.807, 2.05) is 0 Å². The second-order valence-electron chi connectivity index (χ2n) is 3.63. The van der Waals surface area contributed by atoms with Crippen molar-refractivity contribution < 1.29 is 9.72 Å². The second-order valence-corrected chi connectivity index (χ2v) is 4.66. The fourth-order valence-electron chi connectivity index (χ4n) is 1.44. The van der Waals surface area contributed by atoms with Crippen LogP contribution in [0.3, 0.4) is 0 Å². The smallest absolute Gasteiger partial charge is 0.270 e. The van der Waals surface area contributed by atoms with Gasteiger partial charge in [-0.3, -0.25) is 25.2 Å². The second kappa shape index (κ2) is 4.61. The molecule has 0 atom stereocenters. The Hall–Kier alpha value is -2.15. The van der Waals surface area contributed by atoms with Gasteiger partial charge < -0.3 is 0 Å². The Morgan fingerprint density at radius 3 is 2.78 bits per heavy atom. The molecule has 0 unspecified atom stereocenters. The molecule has 0 radical (unpaired) electrons. The number of thioether (sulfide) groups is 1. The number of likely N-dealkylation sites (N-methyl/N-ethyl adjacent to an activating group) is 1. The van der Waals surface area contributed by atoms with Crippen LogP contribution in [0.25, 0.3) is 6.08 Å². The summed E-state index contributed by atoms with van der Waals surface area (Å²) in [6.45, 7) is 0. The average Bonchev–Trinajstić information content (AvgIpc) is 2.57. The fourth-order valence-corrected chi connectivity index (χ4v) is 2.29. The van der Waals surface area contributed by atoms with Gasteiger partial charge in [0.15, 0.2) is 5.17 Å². The average molecular weight is 263 g/mol. The van der Waals surface area contributed by atoms with Gasteiger partial charge in [-0.25, -0.2) is 0 Å². The van der Waals surface area contributed by atoms with Crippen LogP contribution in [0.5, 0.6) is 0 Å². The normalized spacial score (nSPS) is 17.6. The Morgan fingerprint density at radius 2 is 2.22 bits per heavy atom. The Morgan fingerprint density at radius 1 is 1.50 bits per heavy atom. The maximum Gasteiger partial charge on any atom is 0.270 e. The number of nitro benzene ring substituents is 1. The third kappa shape index (κ3) is 2.25. The summed E-state index contributed by atoms with van der Waals surface area (Å²) < 4.78 is 0. The highest BCUT2D eigenvalue weighted by Gasteiger charge is 2.28. The molecule has 0 aromatic heterocycles. The van der Waals surface area contributed by atoms with Crippen LogP contribution in [0, 0.1) is 15.5 Å². The van der Waals surface area contributed by atoms with Gasteiger partial charge >= 0.3 is 0 Å². The van der Waals surface area contributed by atoms with Crippen LogP contribution in [0.2, 0.25) is 0 Å². The maximum atomic E-state index is 11.7. The van der Waals surface area contributed by atoms with Gasteiger partial charge in [0.05, 0.1) is 9.83 Å². The number of non-ortho nitro benzene ring substituents is 1. The number of amides is 1. The molecule has 0 spiro atoms. The number of amidine groups is 1. The van der Waals surface area contributed by atoms with Gasteiger partial charge in [0.25, 0.3) is 11.6 Å². The molecule has 7 heteroatoms. The summed E-state index contributed by atoms with van der Waals surface area (Å²) in [4.78, 5) is 23.5. The number of hydrogen-bond donors (Lipinski definition) is 1. The van der Waals surface area contributed by atoms with Crippen LogP contribution in [0.1, 0.15) is 5.56 Å². The van der Waals surface area contributed by atoms with Crippen molar-refractivity contribution in [1.82, 2.24) is 4.90 Å². The minimum atomic E-state index is -0.486. The number of hydrogen-bond acceptors (Lipinski definition) is 5. The molecule has 1 aromatic carbocycles. The first-order chi connectivity index (χ1) is 8.49. The Balaban J connectivity index is 2.34. The molecule has 1 saturated heterocycles. The van der Waals surface area contributed by atoms with Gasteiger partial charge in [-0.2, -0.15) is 0 Å². The first kappa shape index (κ1) is 12.3. The van der Waals surface area contributed by atoms with Crippen molar-refractivity contribution in [3.63, 3.8) is 0 Å². The third-order valence-corrected chi connectivity index (χ3v) is 3.39. The number of nitrogens with one attached hydrogen (secondary N) is 1. The molecule has 18 heavy (non-hydrogen) atoms. The van der Waals surface area contributed by atoms with Gasteiger partial charge in [0.1, 0.15) is 0 Å². The highest BCUT2D eigenvalue weighted by atomic mass is 32.2. The molecule has 1 aliphatic heterocycles. The quantitative estimate of drug-likeness (QED) is 0.502. The summed E-state index contributed by atoms with van der Waals surface area (Å²) in [6.07, 6.45) is 1.55. The Bertz CT molecular complexity index is 583. The number of nitro groups is 1. The minimum absolute atomic E-state index is 0.0248. The van der Waals surface area contributed by atoms with Gasteiger partial charge in [0.2, 0.25) is 0 Å². The van der Waals surface area contributed by atoms with E-state index in [0.29, 0.717) is 10.5 Å². The molecule has 6 nitrogen and oxygen atoms in total. The first-order valence-electron chi connectivity index (χ1n) is 4.99. The van der Waals surface area contributed by atoms with Crippen LogP contribution in [0.4, 0.5) is 5.69 Å². The van der Waals surface area contributed by atoms with E-state index in [2.05, 4.69) is 0 Å². The molecule has 0 aliphatic carbocycles. The minimum Gasteiger partial charge on any atom is -0.290 e. The number of benzene rings is 1. The van der Waals surface area contributed by atoms with E-state index in [-0.39, 0.29) is 16.8 Å². The zero-order chi connectivity index (χ0) is 13.3. The molecule has 1 aliphatic rings. The fraction of sp³-hybridized carbons (Fsp3) is 0.0909. The van der Waals surface area contributed by atoms with E-state index in [1.165, 1.54) is 24.1 Å². The molecular weight excluding hydrogens is 254 g/mol. The summed E-state index contributed by atoms with van der Waals surface area (Å²) in [7, 11) is 1.52. The lowest BCUT2D eigenvalue weighted by molar-refractivity contribution is -0.384. The number of nitrogens with zero attached hydrogens (tertiary/aromatic N) is 2. The van der Waals surface area contributed by atoms with Gasteiger partial charge in [-0.1, -0.05) is 12.1 Å². The van der Waals surface area contributed by atoms with Crippen LogP contribution >= 0.6 is 11.8 Å². The van der Waals surface area contributed by atoms with Crippen molar-refractivity contribution in [3.05, 3.63) is 44.8 Å². The molecule has 1 aromatic rings. The lowest BCUT2D eigenvalue weighted by atomic mass is 10.2. The highest BCUT2D eigenvalue weighted by molar-refractivity contribution is 8.18. The van der Waals surface area contributed by atoms with Crippen molar-refractivity contribution >= 4 is 34.6 Å². The van der Waals surface area contributed by atoms with Crippen molar-refractivity contribution in [2.45, 2.75) is 0 Å². The molecule has 1 fully saturated rings. The summed E-state index contributed by atoms with van der Waals surface area (Å²) in [5, 5.41) is 18.3. The first-order valence-corrected chi connectivity index (χ1v) is 5.81. The lowest BCUT2D eigenvalue weighted by Crippen LogP contribution is -2.22. The third-order valence-electron chi connectivity index (χ3n) is 2.41. The summed E-state index contributed by atoms with van der Waals surface area (Å²) in [6, 6.07) is 6.02. The lowest BCUT2D eigenvalue weighted by Gasteiger charge is -2.03. The molecule has 1 N–H and O–H groups in total. The largest absolute Gasteiger partial charge is 0.290 e. The van der Waals surface area contributed by atoms with Crippen molar-refractivity contribution in [1.29, 1.82) is 5.41 Å². The summed E-state index contributed by atoms with van der Waals surface area (Å²) in [5.74, 6) is -0.267. The molecule has 92 valence electrons. The van der Waals surface area contributed by atoms with Crippen LogP contribution in [-0.4, -0.2) is 27.9 Å². The van der Waals surface area contributed by atoms with Crippen molar-refractivity contribution in [2.75, 3.05) is 7.05 Å². The predicted octanol–water partition coefficient (Wildman–Crippen LogP) is 2.08. The van der Waals surface area contributed by atoms with Crippen LogP contribution in [0.15, 0.2) is 29.2 Å². The zero-order valence-corrected chi connectivity index (χ0v) is 10.2. The molecule has 0 saturated carbocycles. The van der Waals surface area contributed by atoms with E-state index in [1.54, 1.807) is 18.2 Å². The summed E-state index contributed by atoms with van der Waals surface area (Å²) in [5.41, 5.74) is 0.548. The van der Waals surface area contributed by atoms with Gasteiger partial charge in [0, 0.05) is 19.2 Å².